The van der Waals surface area contributed by atoms with Crippen molar-refractivity contribution < 1.29 is 0 Å². The minimum Gasteiger partial charge on any atom is -0.310 e. The molecule has 3 heteroatoms. The summed E-state index contributed by atoms with van der Waals surface area (Å²) in [6.45, 7) is 1.12. The molecule has 1 atom stereocenters. The van der Waals surface area contributed by atoms with Gasteiger partial charge in [0.2, 0.25) is 0 Å². The lowest BCUT2D eigenvalue weighted by atomic mass is 9.98. The number of halogens is 2. The second-order valence-corrected chi connectivity index (χ2v) is 5.21. The van der Waals surface area contributed by atoms with Crippen LogP contribution in [0.1, 0.15) is 30.9 Å². The molecule has 1 aromatic rings. The normalized spacial score (nSPS) is 22.3. The molecular weight excluding hydrogens is 308 g/mol. The maximum atomic E-state index is 6.22. The van der Waals surface area contributed by atoms with Gasteiger partial charge in [-0.2, -0.15) is 0 Å². The molecule has 0 unspecified atom stereocenters. The minimum atomic E-state index is 0.462. The molecule has 0 aromatic heterocycles. The highest BCUT2D eigenvalue weighted by molar-refractivity contribution is 14.1. The SMILES string of the molecule is Clc1cccc(I)c1[C@@H]1CCCCN1. The summed E-state index contributed by atoms with van der Waals surface area (Å²) in [6.07, 6.45) is 3.80. The Bertz CT molecular complexity index is 301. The second-order valence-electron chi connectivity index (χ2n) is 3.64. The molecule has 0 radical (unpaired) electrons. The number of hydrogen-bond acceptors (Lipinski definition) is 1. The number of rotatable bonds is 1. The maximum Gasteiger partial charge on any atom is 0.0464 e. The topological polar surface area (TPSA) is 12.0 Å². The van der Waals surface area contributed by atoms with E-state index < -0.39 is 0 Å². The molecule has 0 saturated carbocycles. The molecule has 0 spiro atoms. The summed E-state index contributed by atoms with van der Waals surface area (Å²) >= 11 is 8.58. The zero-order chi connectivity index (χ0) is 9.97. The van der Waals surface area contributed by atoms with Gasteiger partial charge < -0.3 is 5.32 Å². The first kappa shape index (κ1) is 10.7. The molecule has 2 rings (SSSR count). The van der Waals surface area contributed by atoms with E-state index in [2.05, 4.69) is 34.0 Å². The van der Waals surface area contributed by atoms with E-state index in [0.717, 1.165) is 11.6 Å². The summed E-state index contributed by atoms with van der Waals surface area (Å²) in [6, 6.07) is 6.58. The fraction of sp³-hybridized carbons (Fsp3) is 0.455. The Hall–Kier alpha value is 0.200. The molecule has 1 nitrogen and oxygen atoms in total. The molecule has 1 aliphatic heterocycles. The highest BCUT2D eigenvalue weighted by atomic mass is 127. The van der Waals surface area contributed by atoms with E-state index in [1.165, 1.54) is 28.4 Å². The molecule has 14 heavy (non-hydrogen) atoms. The van der Waals surface area contributed by atoms with Gasteiger partial charge in [-0.05, 0) is 54.1 Å². The predicted octanol–water partition coefficient (Wildman–Crippen LogP) is 3.76. The molecule has 1 N–H and O–H groups in total. The first-order chi connectivity index (χ1) is 6.79. The fourth-order valence-corrected chi connectivity index (χ4v) is 3.28. The van der Waals surface area contributed by atoms with Crippen LogP contribution in [-0.2, 0) is 0 Å². The zero-order valence-corrected chi connectivity index (χ0v) is 10.8. The van der Waals surface area contributed by atoms with Crippen molar-refractivity contribution in [3.63, 3.8) is 0 Å². The Kier molecular flexibility index (Phi) is 3.68. The minimum absolute atomic E-state index is 0.462. The van der Waals surface area contributed by atoms with Crippen LogP contribution in [0.25, 0.3) is 0 Å². The van der Waals surface area contributed by atoms with Crippen molar-refractivity contribution in [3.8, 4) is 0 Å². The first-order valence-corrected chi connectivity index (χ1v) is 6.42. The van der Waals surface area contributed by atoms with Crippen LogP contribution in [0.4, 0.5) is 0 Å². The summed E-state index contributed by atoms with van der Waals surface area (Å²) in [7, 11) is 0. The molecule has 1 fully saturated rings. The van der Waals surface area contributed by atoms with Crippen LogP contribution in [-0.4, -0.2) is 6.54 Å². The monoisotopic (exact) mass is 321 g/mol. The van der Waals surface area contributed by atoms with Crippen LogP contribution >= 0.6 is 34.2 Å². The molecular formula is C11H13ClIN. The van der Waals surface area contributed by atoms with E-state index in [1.54, 1.807) is 0 Å². The summed E-state index contributed by atoms with van der Waals surface area (Å²) in [5.41, 5.74) is 1.29. The Morgan fingerprint density at radius 1 is 1.36 bits per heavy atom. The van der Waals surface area contributed by atoms with Crippen molar-refractivity contribution in [2.24, 2.45) is 0 Å². The van der Waals surface area contributed by atoms with E-state index in [4.69, 9.17) is 11.6 Å². The van der Waals surface area contributed by atoms with E-state index in [1.807, 2.05) is 12.1 Å². The van der Waals surface area contributed by atoms with E-state index >= 15 is 0 Å². The molecule has 1 saturated heterocycles. The zero-order valence-electron chi connectivity index (χ0n) is 7.89. The summed E-state index contributed by atoms with van der Waals surface area (Å²) in [4.78, 5) is 0. The lowest BCUT2D eigenvalue weighted by molar-refractivity contribution is 0.411. The molecule has 1 aromatic carbocycles. The average molecular weight is 322 g/mol. The summed E-state index contributed by atoms with van der Waals surface area (Å²) in [5, 5.41) is 4.43. The van der Waals surface area contributed by atoms with Gasteiger partial charge in [-0.3, -0.25) is 0 Å². The van der Waals surface area contributed by atoms with Crippen LogP contribution in [0.3, 0.4) is 0 Å². The number of piperidine rings is 1. The van der Waals surface area contributed by atoms with Crippen molar-refractivity contribution in [1.82, 2.24) is 5.32 Å². The molecule has 76 valence electrons. The van der Waals surface area contributed by atoms with Gasteiger partial charge in [0.1, 0.15) is 0 Å². The van der Waals surface area contributed by atoms with Gasteiger partial charge in [-0.25, -0.2) is 0 Å². The maximum absolute atomic E-state index is 6.22. The third-order valence-corrected chi connectivity index (χ3v) is 3.93. The highest BCUT2D eigenvalue weighted by Gasteiger charge is 2.19. The molecule has 1 aliphatic rings. The lowest BCUT2D eigenvalue weighted by Crippen LogP contribution is -2.27. The fourth-order valence-electron chi connectivity index (χ4n) is 1.94. The first-order valence-electron chi connectivity index (χ1n) is 4.96. The van der Waals surface area contributed by atoms with Gasteiger partial charge in [-0.1, -0.05) is 24.1 Å². The van der Waals surface area contributed by atoms with Crippen LogP contribution < -0.4 is 5.32 Å². The third-order valence-electron chi connectivity index (χ3n) is 2.66. The van der Waals surface area contributed by atoms with Crippen molar-refractivity contribution in [2.75, 3.05) is 6.54 Å². The Morgan fingerprint density at radius 2 is 2.21 bits per heavy atom. The standard InChI is InChI=1S/C11H13ClIN/c12-8-4-3-5-9(13)11(8)10-6-1-2-7-14-10/h3-5,10,14H,1-2,6-7H2/t10-/m0/s1. The van der Waals surface area contributed by atoms with Crippen LogP contribution in [0.15, 0.2) is 18.2 Å². The van der Waals surface area contributed by atoms with Crippen LogP contribution in [0.2, 0.25) is 5.02 Å². The van der Waals surface area contributed by atoms with Gasteiger partial charge in [0.05, 0.1) is 0 Å². The van der Waals surface area contributed by atoms with Gasteiger partial charge in [0, 0.05) is 20.2 Å². The quantitative estimate of drug-likeness (QED) is 0.777. The van der Waals surface area contributed by atoms with E-state index in [-0.39, 0.29) is 0 Å². The Labute approximate surface area is 103 Å². The largest absolute Gasteiger partial charge is 0.310 e. The number of nitrogens with one attached hydrogen (secondary N) is 1. The predicted molar refractivity (Wildman–Crippen MR) is 68.8 cm³/mol. The van der Waals surface area contributed by atoms with Crippen LogP contribution in [0.5, 0.6) is 0 Å². The molecule has 0 aliphatic carbocycles. The highest BCUT2D eigenvalue weighted by Crippen LogP contribution is 2.32. The van der Waals surface area contributed by atoms with Crippen molar-refractivity contribution >= 4 is 34.2 Å². The summed E-state index contributed by atoms with van der Waals surface area (Å²) in [5.74, 6) is 0. The van der Waals surface area contributed by atoms with Crippen molar-refractivity contribution in [3.05, 3.63) is 32.4 Å². The van der Waals surface area contributed by atoms with Crippen LogP contribution in [0, 0.1) is 3.57 Å². The Balaban J connectivity index is 2.29. The van der Waals surface area contributed by atoms with Gasteiger partial charge in [0.15, 0.2) is 0 Å². The lowest BCUT2D eigenvalue weighted by Gasteiger charge is -2.25. The van der Waals surface area contributed by atoms with Crippen molar-refractivity contribution in [1.29, 1.82) is 0 Å². The molecule has 0 bridgehead atoms. The molecule has 1 heterocycles. The van der Waals surface area contributed by atoms with Crippen molar-refractivity contribution in [2.45, 2.75) is 25.3 Å². The Morgan fingerprint density at radius 3 is 2.86 bits per heavy atom. The average Bonchev–Trinajstić information content (AvgIpc) is 2.19. The smallest absolute Gasteiger partial charge is 0.0464 e. The van der Waals surface area contributed by atoms with E-state index in [0.29, 0.717) is 6.04 Å². The molecule has 0 amide bonds. The second kappa shape index (κ2) is 4.81. The van der Waals surface area contributed by atoms with Gasteiger partial charge in [-0.15, -0.1) is 0 Å². The van der Waals surface area contributed by atoms with Gasteiger partial charge in [0.25, 0.3) is 0 Å². The third kappa shape index (κ3) is 2.23. The summed E-state index contributed by atoms with van der Waals surface area (Å²) < 4.78 is 1.27. The van der Waals surface area contributed by atoms with Gasteiger partial charge >= 0.3 is 0 Å². The van der Waals surface area contributed by atoms with E-state index in [9.17, 15) is 0 Å². The number of hydrogen-bond donors (Lipinski definition) is 1. The number of benzene rings is 1.